The second kappa shape index (κ2) is 8.14. The Bertz CT molecular complexity index is 961. The molecule has 2 aromatic rings. The molecule has 0 spiro atoms. The number of aromatic nitrogens is 1. The lowest BCUT2D eigenvalue weighted by molar-refractivity contribution is -0.137. The number of ether oxygens (including phenoxy) is 1. The minimum atomic E-state index is -0.913. The number of hydrogen-bond donors (Lipinski definition) is 2. The lowest BCUT2D eigenvalue weighted by Crippen LogP contribution is -2.22. The molecule has 1 heterocycles. The summed E-state index contributed by atoms with van der Waals surface area (Å²) >= 11 is 1.22. The molecule has 0 bridgehead atoms. The van der Waals surface area contributed by atoms with Crippen LogP contribution in [0.2, 0.25) is 0 Å². The molecule has 6 nitrogen and oxygen atoms in total. The van der Waals surface area contributed by atoms with Gasteiger partial charge in [0.25, 0.3) is 5.56 Å². The smallest absolute Gasteiger partial charge is 0.306 e. The zero-order chi connectivity index (χ0) is 19.3. The van der Waals surface area contributed by atoms with Crippen LogP contribution in [0.15, 0.2) is 29.1 Å². The van der Waals surface area contributed by atoms with Gasteiger partial charge < -0.3 is 14.8 Å². The third-order valence-electron chi connectivity index (χ3n) is 3.44. The van der Waals surface area contributed by atoms with E-state index in [4.69, 9.17) is 9.84 Å². The van der Waals surface area contributed by atoms with E-state index < -0.39 is 11.4 Å². The molecule has 0 radical (unpaired) electrons. The van der Waals surface area contributed by atoms with Gasteiger partial charge in [-0.3, -0.25) is 14.4 Å². The highest BCUT2D eigenvalue weighted by Gasteiger charge is 2.18. The predicted octanol–water partition coefficient (Wildman–Crippen LogP) is 1.51. The zero-order valence-electron chi connectivity index (χ0n) is 14.9. The molecule has 0 amide bonds. The molecule has 0 aliphatic rings. The van der Waals surface area contributed by atoms with E-state index in [1.807, 2.05) is 20.8 Å². The van der Waals surface area contributed by atoms with Crippen molar-refractivity contribution in [3.63, 3.8) is 0 Å². The molecule has 0 saturated heterocycles. The maximum absolute atomic E-state index is 12.1. The normalized spacial score (nSPS) is 13.0. The summed E-state index contributed by atoms with van der Waals surface area (Å²) in [6.07, 6.45) is 3.12. The van der Waals surface area contributed by atoms with E-state index in [0.717, 1.165) is 5.56 Å². The van der Waals surface area contributed by atoms with E-state index in [-0.39, 0.29) is 24.4 Å². The van der Waals surface area contributed by atoms with Crippen LogP contribution in [0.4, 0.5) is 0 Å². The first kappa shape index (κ1) is 19.7. The molecule has 0 aliphatic heterocycles. The molecule has 1 aromatic carbocycles. The van der Waals surface area contributed by atoms with Gasteiger partial charge in [0.1, 0.15) is 5.75 Å². The molecule has 0 fully saturated rings. The highest BCUT2D eigenvalue weighted by molar-refractivity contribution is 7.07. The van der Waals surface area contributed by atoms with Crippen molar-refractivity contribution in [2.45, 2.75) is 27.2 Å². The molecule has 0 aliphatic carbocycles. The van der Waals surface area contributed by atoms with Gasteiger partial charge in [-0.1, -0.05) is 32.9 Å². The number of aliphatic carboxylic acids is 1. The summed E-state index contributed by atoms with van der Waals surface area (Å²) in [6, 6.07) is 6.98. The molecule has 138 valence electrons. The average molecular weight is 375 g/mol. The summed E-state index contributed by atoms with van der Waals surface area (Å²) < 4.78 is 6.34. The van der Waals surface area contributed by atoms with E-state index in [2.05, 4.69) is 4.98 Å². The largest absolute Gasteiger partial charge is 0.493 e. The molecule has 7 heteroatoms. The highest BCUT2D eigenvalue weighted by atomic mass is 32.1. The fourth-order valence-electron chi connectivity index (χ4n) is 1.93. The summed E-state index contributed by atoms with van der Waals surface area (Å²) in [7, 11) is 0. The zero-order valence-corrected chi connectivity index (χ0v) is 15.7. The minimum absolute atomic E-state index is 0.0515. The van der Waals surface area contributed by atoms with E-state index >= 15 is 0 Å². The van der Waals surface area contributed by atoms with Crippen molar-refractivity contribution >= 4 is 35.2 Å². The number of Topliss-reactive ketones (excluding diaryl/α,β-unsaturated/α-hetero) is 1. The molecule has 2 rings (SSSR count). The Balaban J connectivity index is 2.20. The Morgan fingerprint density at radius 3 is 2.46 bits per heavy atom. The Kier molecular flexibility index (Phi) is 6.15. The van der Waals surface area contributed by atoms with Crippen LogP contribution in [-0.4, -0.2) is 28.4 Å². The van der Waals surface area contributed by atoms with Gasteiger partial charge in [-0.15, -0.1) is 11.3 Å². The van der Waals surface area contributed by atoms with Gasteiger partial charge in [0, 0.05) is 11.5 Å². The fourth-order valence-corrected chi connectivity index (χ4v) is 2.81. The molecule has 0 unspecified atom stereocenters. The van der Waals surface area contributed by atoms with Gasteiger partial charge in [-0.2, -0.15) is 0 Å². The Hall–Kier alpha value is -2.67. The number of carbonyl (C=O) groups is 2. The summed E-state index contributed by atoms with van der Waals surface area (Å²) in [5, 5.41) is 8.59. The predicted molar refractivity (Wildman–Crippen MR) is 101 cm³/mol. The number of carbonyl (C=O) groups excluding carboxylic acids is 1. The van der Waals surface area contributed by atoms with Gasteiger partial charge in [-0.05, 0) is 23.8 Å². The molecule has 1 aromatic heterocycles. The van der Waals surface area contributed by atoms with Crippen molar-refractivity contribution in [3.8, 4) is 5.75 Å². The van der Waals surface area contributed by atoms with E-state index in [0.29, 0.717) is 14.9 Å². The van der Waals surface area contributed by atoms with Crippen molar-refractivity contribution in [2.75, 3.05) is 6.61 Å². The highest BCUT2D eigenvalue weighted by Crippen LogP contribution is 2.15. The van der Waals surface area contributed by atoms with Crippen LogP contribution in [0.25, 0.3) is 12.2 Å². The third-order valence-corrected chi connectivity index (χ3v) is 4.41. The fraction of sp³-hybridized carbons (Fsp3) is 0.316. The summed E-state index contributed by atoms with van der Waals surface area (Å²) in [4.78, 5) is 37.3. The van der Waals surface area contributed by atoms with Crippen molar-refractivity contribution in [1.29, 1.82) is 0 Å². The Morgan fingerprint density at radius 1 is 1.23 bits per heavy atom. The third kappa shape index (κ3) is 5.70. The standard InChI is InChI=1S/C19H21NO5S/c1-19(2,3)15(21)11-16-20-18(24)14(26-16)10-12-4-6-13(7-5-12)25-9-8-17(22)23/h4-7,10-11H,8-9H2,1-3H3,(H,20,24)(H,22,23)/b14-10+,16-11+. The van der Waals surface area contributed by atoms with Crippen LogP contribution in [0.3, 0.4) is 0 Å². The number of H-pyrrole nitrogens is 1. The van der Waals surface area contributed by atoms with Crippen LogP contribution in [0.1, 0.15) is 32.8 Å². The quantitative estimate of drug-likeness (QED) is 0.798. The SMILES string of the molecule is CC(C)(C)C(=O)/C=c1\[nH]c(=O)/c(=C\c2ccc(OCCC(=O)O)cc2)s1. The molecular weight excluding hydrogens is 354 g/mol. The number of carboxylic acid groups (broad SMARTS) is 1. The van der Waals surface area contributed by atoms with Crippen molar-refractivity contribution < 1.29 is 19.4 Å². The van der Waals surface area contributed by atoms with Gasteiger partial charge in [0.15, 0.2) is 5.78 Å². The van der Waals surface area contributed by atoms with Crippen LogP contribution < -0.4 is 19.5 Å². The number of aromatic amines is 1. The van der Waals surface area contributed by atoms with Crippen molar-refractivity contribution in [1.82, 2.24) is 4.98 Å². The summed E-state index contributed by atoms with van der Waals surface area (Å²) in [5.41, 5.74) is 0.0580. The molecule has 0 atom stereocenters. The summed E-state index contributed by atoms with van der Waals surface area (Å²) in [5.74, 6) is -0.401. The van der Waals surface area contributed by atoms with Gasteiger partial charge in [0.2, 0.25) is 0 Å². The molecule has 0 saturated carbocycles. The lowest BCUT2D eigenvalue weighted by atomic mass is 9.91. The monoisotopic (exact) mass is 375 g/mol. The summed E-state index contributed by atoms with van der Waals surface area (Å²) in [6.45, 7) is 5.57. The van der Waals surface area contributed by atoms with Crippen molar-refractivity contribution in [3.05, 3.63) is 49.4 Å². The average Bonchev–Trinajstić information content (AvgIpc) is 2.87. The lowest BCUT2D eigenvalue weighted by Gasteiger charge is -2.12. The number of hydrogen-bond acceptors (Lipinski definition) is 5. The number of nitrogens with one attached hydrogen (secondary N) is 1. The van der Waals surface area contributed by atoms with Crippen molar-refractivity contribution in [2.24, 2.45) is 5.41 Å². The topological polar surface area (TPSA) is 96.5 Å². The molecular formula is C19H21NO5S. The Labute approximate surface area is 154 Å². The number of thiazole rings is 1. The van der Waals surface area contributed by atoms with Crippen LogP contribution in [0.5, 0.6) is 5.75 Å². The van der Waals surface area contributed by atoms with Crippen LogP contribution in [-0.2, 0) is 9.59 Å². The number of ketones is 1. The van der Waals surface area contributed by atoms with Crippen LogP contribution >= 0.6 is 11.3 Å². The van der Waals surface area contributed by atoms with E-state index in [1.165, 1.54) is 17.4 Å². The Morgan fingerprint density at radius 2 is 1.88 bits per heavy atom. The maximum Gasteiger partial charge on any atom is 0.306 e. The van der Waals surface area contributed by atoms with Crippen LogP contribution in [0, 0.1) is 5.41 Å². The van der Waals surface area contributed by atoms with Gasteiger partial charge in [-0.25, -0.2) is 0 Å². The number of carboxylic acids is 1. The first-order valence-electron chi connectivity index (χ1n) is 8.07. The van der Waals surface area contributed by atoms with E-state index in [9.17, 15) is 14.4 Å². The first-order valence-corrected chi connectivity index (χ1v) is 8.88. The van der Waals surface area contributed by atoms with Gasteiger partial charge >= 0.3 is 5.97 Å². The number of rotatable bonds is 6. The molecule has 26 heavy (non-hydrogen) atoms. The second-order valence-electron chi connectivity index (χ2n) is 6.75. The minimum Gasteiger partial charge on any atom is -0.493 e. The van der Waals surface area contributed by atoms with Gasteiger partial charge in [0.05, 0.1) is 22.2 Å². The maximum atomic E-state index is 12.1. The number of benzene rings is 1. The first-order chi connectivity index (χ1) is 12.1. The second-order valence-corrected chi connectivity index (χ2v) is 7.83. The van der Waals surface area contributed by atoms with E-state index in [1.54, 1.807) is 30.3 Å². The molecule has 2 N–H and O–H groups in total.